The zero-order valence-electron chi connectivity index (χ0n) is 11.3. The topological polar surface area (TPSA) is 41.1 Å². The largest absolute Gasteiger partial charge is 0.359 e. The Kier molecular flexibility index (Phi) is 4.37. The van der Waals surface area contributed by atoms with Crippen molar-refractivity contribution in [3.05, 3.63) is 34.9 Å². The van der Waals surface area contributed by atoms with Crippen LogP contribution in [0.3, 0.4) is 0 Å². The van der Waals surface area contributed by atoms with Crippen LogP contribution in [0.5, 0.6) is 0 Å². The number of rotatable bonds is 3. The van der Waals surface area contributed by atoms with Gasteiger partial charge in [-0.15, -0.1) is 0 Å². The van der Waals surface area contributed by atoms with Gasteiger partial charge in [-0.05, 0) is 49.9 Å². The second-order valence-corrected chi connectivity index (χ2v) is 5.08. The third-order valence-corrected chi connectivity index (χ3v) is 3.71. The number of nitrogens with one attached hydrogen (secondary N) is 2. The molecule has 0 spiro atoms. The van der Waals surface area contributed by atoms with E-state index in [0.29, 0.717) is 12.3 Å². The molecule has 0 bridgehead atoms. The van der Waals surface area contributed by atoms with E-state index < -0.39 is 0 Å². The molecule has 0 unspecified atom stereocenters. The van der Waals surface area contributed by atoms with Crippen LogP contribution in [0, 0.1) is 6.92 Å². The van der Waals surface area contributed by atoms with Gasteiger partial charge in [-0.1, -0.05) is 23.8 Å². The molecule has 0 aromatic heterocycles. The molecule has 3 nitrogen and oxygen atoms in total. The number of hydrogen-bond donors (Lipinski definition) is 2. The number of amides is 1. The SMILES string of the molecule is CNC(=O)Cc1cc(C)ccc1C1CCNCC1. The van der Waals surface area contributed by atoms with Gasteiger partial charge in [-0.2, -0.15) is 0 Å². The smallest absolute Gasteiger partial charge is 0.224 e. The Morgan fingerprint density at radius 2 is 2.11 bits per heavy atom. The summed E-state index contributed by atoms with van der Waals surface area (Å²) in [5.74, 6) is 0.697. The van der Waals surface area contributed by atoms with Crippen molar-refractivity contribution in [3.63, 3.8) is 0 Å². The maximum atomic E-state index is 11.6. The lowest BCUT2D eigenvalue weighted by atomic mass is 9.85. The number of likely N-dealkylation sites (N-methyl/N-ethyl adjacent to an activating group) is 1. The first kappa shape index (κ1) is 13.1. The van der Waals surface area contributed by atoms with Gasteiger partial charge in [0.15, 0.2) is 0 Å². The molecule has 98 valence electrons. The summed E-state index contributed by atoms with van der Waals surface area (Å²) in [6.45, 7) is 4.25. The Labute approximate surface area is 109 Å². The van der Waals surface area contributed by atoms with Crippen molar-refractivity contribution < 1.29 is 4.79 Å². The highest BCUT2D eigenvalue weighted by atomic mass is 16.1. The van der Waals surface area contributed by atoms with Gasteiger partial charge in [-0.3, -0.25) is 4.79 Å². The quantitative estimate of drug-likeness (QED) is 0.853. The first-order valence-electron chi connectivity index (χ1n) is 6.71. The molecule has 1 aliphatic rings. The Hall–Kier alpha value is -1.35. The molecule has 18 heavy (non-hydrogen) atoms. The summed E-state index contributed by atoms with van der Waals surface area (Å²) in [6, 6.07) is 6.53. The molecule has 2 N–H and O–H groups in total. The van der Waals surface area contributed by atoms with Crippen LogP contribution in [0.1, 0.15) is 35.4 Å². The van der Waals surface area contributed by atoms with Crippen LogP contribution in [-0.4, -0.2) is 26.0 Å². The Bertz CT molecular complexity index is 423. The standard InChI is InChI=1S/C15H22N2O/c1-11-3-4-14(12-5-7-17-8-6-12)13(9-11)10-15(18)16-2/h3-4,9,12,17H,5-8,10H2,1-2H3,(H,16,18). The highest BCUT2D eigenvalue weighted by Crippen LogP contribution is 2.29. The second-order valence-electron chi connectivity index (χ2n) is 5.08. The molecule has 2 rings (SSSR count). The minimum absolute atomic E-state index is 0.0933. The summed E-state index contributed by atoms with van der Waals surface area (Å²) in [5, 5.41) is 6.10. The number of aryl methyl sites for hydroxylation is 1. The van der Waals surface area contributed by atoms with Gasteiger partial charge >= 0.3 is 0 Å². The van der Waals surface area contributed by atoms with Gasteiger partial charge < -0.3 is 10.6 Å². The van der Waals surface area contributed by atoms with Crippen LogP contribution >= 0.6 is 0 Å². The summed E-state index contributed by atoms with van der Waals surface area (Å²) in [5.41, 5.74) is 3.79. The monoisotopic (exact) mass is 246 g/mol. The molecule has 1 aliphatic heterocycles. The number of carbonyl (C=O) groups excluding carboxylic acids is 1. The highest BCUT2D eigenvalue weighted by Gasteiger charge is 2.19. The predicted octanol–water partition coefficient (Wildman–Crippen LogP) is 1.75. The number of piperidine rings is 1. The van der Waals surface area contributed by atoms with E-state index in [0.717, 1.165) is 13.1 Å². The zero-order valence-corrected chi connectivity index (χ0v) is 11.3. The molecule has 1 aromatic carbocycles. The first-order valence-corrected chi connectivity index (χ1v) is 6.71. The third kappa shape index (κ3) is 3.10. The van der Waals surface area contributed by atoms with Crippen molar-refractivity contribution in [1.29, 1.82) is 0 Å². The third-order valence-electron chi connectivity index (χ3n) is 3.71. The minimum Gasteiger partial charge on any atom is -0.359 e. The maximum absolute atomic E-state index is 11.6. The highest BCUT2D eigenvalue weighted by molar-refractivity contribution is 5.78. The summed E-state index contributed by atoms with van der Waals surface area (Å²) in [6.07, 6.45) is 2.84. The molecule has 3 heteroatoms. The number of benzene rings is 1. The Morgan fingerprint density at radius 3 is 2.78 bits per heavy atom. The minimum atomic E-state index is 0.0933. The molecule has 0 aliphatic carbocycles. The van der Waals surface area contributed by atoms with E-state index in [9.17, 15) is 4.79 Å². The van der Waals surface area contributed by atoms with Gasteiger partial charge in [0.25, 0.3) is 0 Å². The molecular formula is C15H22N2O. The fourth-order valence-electron chi connectivity index (χ4n) is 2.68. The molecule has 0 radical (unpaired) electrons. The Morgan fingerprint density at radius 1 is 1.39 bits per heavy atom. The molecule has 0 saturated carbocycles. The van der Waals surface area contributed by atoms with Gasteiger partial charge in [0, 0.05) is 7.05 Å². The lowest BCUT2D eigenvalue weighted by Gasteiger charge is -2.25. The zero-order chi connectivity index (χ0) is 13.0. The molecule has 1 aromatic rings. The summed E-state index contributed by atoms with van der Waals surface area (Å²) < 4.78 is 0. The van der Waals surface area contributed by atoms with Gasteiger partial charge in [0.2, 0.25) is 5.91 Å². The lowest BCUT2D eigenvalue weighted by Crippen LogP contribution is -2.28. The van der Waals surface area contributed by atoms with Crippen LogP contribution < -0.4 is 10.6 Å². The molecule has 1 amide bonds. The molecule has 1 fully saturated rings. The van der Waals surface area contributed by atoms with Crippen LogP contribution in [0.4, 0.5) is 0 Å². The van der Waals surface area contributed by atoms with Gasteiger partial charge in [0.1, 0.15) is 0 Å². The fourth-order valence-corrected chi connectivity index (χ4v) is 2.68. The Balaban J connectivity index is 2.24. The van der Waals surface area contributed by atoms with E-state index in [1.165, 1.54) is 29.5 Å². The van der Waals surface area contributed by atoms with Crippen molar-refractivity contribution in [2.45, 2.75) is 32.1 Å². The van der Waals surface area contributed by atoms with E-state index in [1.807, 2.05) is 0 Å². The molecular weight excluding hydrogens is 224 g/mol. The second kappa shape index (κ2) is 6.01. The number of hydrogen-bond acceptors (Lipinski definition) is 2. The molecule has 1 heterocycles. The predicted molar refractivity (Wildman–Crippen MR) is 73.8 cm³/mol. The molecule has 0 atom stereocenters. The maximum Gasteiger partial charge on any atom is 0.224 e. The first-order chi connectivity index (χ1) is 8.70. The number of carbonyl (C=O) groups is 1. The fraction of sp³-hybridized carbons (Fsp3) is 0.533. The van der Waals surface area contributed by atoms with Crippen molar-refractivity contribution >= 4 is 5.91 Å². The summed E-state index contributed by atoms with van der Waals surface area (Å²) in [4.78, 5) is 11.6. The van der Waals surface area contributed by atoms with E-state index >= 15 is 0 Å². The van der Waals surface area contributed by atoms with E-state index in [1.54, 1.807) is 7.05 Å². The lowest BCUT2D eigenvalue weighted by molar-refractivity contribution is -0.119. The van der Waals surface area contributed by atoms with E-state index in [-0.39, 0.29) is 5.91 Å². The van der Waals surface area contributed by atoms with Crippen LogP contribution in [0.2, 0.25) is 0 Å². The van der Waals surface area contributed by atoms with Crippen LogP contribution in [0.25, 0.3) is 0 Å². The van der Waals surface area contributed by atoms with Crippen LogP contribution in [-0.2, 0) is 11.2 Å². The van der Waals surface area contributed by atoms with E-state index in [4.69, 9.17) is 0 Å². The van der Waals surface area contributed by atoms with Crippen LogP contribution in [0.15, 0.2) is 18.2 Å². The van der Waals surface area contributed by atoms with Crippen molar-refractivity contribution in [2.24, 2.45) is 0 Å². The van der Waals surface area contributed by atoms with Gasteiger partial charge in [-0.25, -0.2) is 0 Å². The average molecular weight is 246 g/mol. The molecule has 1 saturated heterocycles. The average Bonchev–Trinajstić information content (AvgIpc) is 2.40. The van der Waals surface area contributed by atoms with E-state index in [2.05, 4.69) is 35.8 Å². The van der Waals surface area contributed by atoms with Crippen molar-refractivity contribution in [3.8, 4) is 0 Å². The van der Waals surface area contributed by atoms with Gasteiger partial charge in [0.05, 0.1) is 6.42 Å². The van der Waals surface area contributed by atoms with Crippen molar-refractivity contribution in [1.82, 2.24) is 10.6 Å². The van der Waals surface area contributed by atoms with Crippen molar-refractivity contribution in [2.75, 3.05) is 20.1 Å². The normalized spacial score (nSPS) is 16.6. The summed E-state index contributed by atoms with van der Waals surface area (Å²) >= 11 is 0. The summed E-state index contributed by atoms with van der Waals surface area (Å²) in [7, 11) is 1.70.